The van der Waals surface area contributed by atoms with Crippen LogP contribution >= 0.6 is 0 Å². The molecule has 31 heavy (non-hydrogen) atoms. The molecule has 1 heterocycles. The Morgan fingerprint density at radius 3 is 2.23 bits per heavy atom. The molecule has 1 aliphatic heterocycles. The molecule has 162 valence electrons. The molecular weight excluding hydrogens is 388 g/mol. The Morgan fingerprint density at radius 1 is 1.00 bits per heavy atom. The van der Waals surface area contributed by atoms with E-state index in [1.54, 1.807) is 11.9 Å². The van der Waals surface area contributed by atoms with Crippen molar-refractivity contribution in [2.75, 3.05) is 7.05 Å². The molecule has 0 aromatic heterocycles. The first-order valence-electron chi connectivity index (χ1n) is 11.1. The second-order valence-electron chi connectivity index (χ2n) is 9.22. The van der Waals surface area contributed by atoms with Crippen molar-refractivity contribution in [3.05, 3.63) is 60.2 Å². The summed E-state index contributed by atoms with van der Waals surface area (Å²) >= 11 is 0. The second kappa shape index (κ2) is 8.66. The summed E-state index contributed by atoms with van der Waals surface area (Å²) < 4.78 is 0. The van der Waals surface area contributed by atoms with Crippen LogP contribution in [0.4, 0.5) is 0 Å². The molecule has 0 saturated carbocycles. The molecule has 0 N–H and O–H groups in total. The lowest BCUT2D eigenvalue weighted by Crippen LogP contribution is -2.50. The van der Waals surface area contributed by atoms with E-state index in [9.17, 15) is 14.4 Å². The summed E-state index contributed by atoms with van der Waals surface area (Å²) in [6.07, 6.45) is 5.59. The molecule has 3 unspecified atom stereocenters. The van der Waals surface area contributed by atoms with E-state index in [1.165, 1.54) is 4.90 Å². The fourth-order valence-electron chi connectivity index (χ4n) is 4.84. The van der Waals surface area contributed by atoms with E-state index in [0.717, 1.165) is 16.3 Å². The monoisotopic (exact) mass is 418 g/mol. The quantitative estimate of drug-likeness (QED) is 0.523. The molecule has 3 amide bonds. The third kappa shape index (κ3) is 4.14. The van der Waals surface area contributed by atoms with E-state index in [2.05, 4.69) is 24.3 Å². The Labute approximate surface area is 183 Å². The van der Waals surface area contributed by atoms with Crippen LogP contribution in [-0.2, 0) is 20.9 Å². The standard InChI is InChI=1S/C26H30N2O3/c1-17(2)14-23(28-24(29)21-10-6-7-11-22(21)25(28)30)26(31)27(3)16-18-12-13-19-8-4-5-9-20(19)15-18/h4-9,12-13,15,17,21-23H,10-11,14,16H2,1-3H3. The number of nitrogens with zero attached hydrogens (tertiary/aromatic N) is 2. The van der Waals surface area contributed by atoms with Gasteiger partial charge in [0.05, 0.1) is 11.8 Å². The molecule has 0 radical (unpaired) electrons. The van der Waals surface area contributed by atoms with Gasteiger partial charge in [-0.25, -0.2) is 0 Å². The number of likely N-dealkylation sites (N-methyl/N-ethyl adjacent to an activating group) is 1. The minimum absolute atomic E-state index is 0.171. The van der Waals surface area contributed by atoms with Crippen molar-refractivity contribution in [1.29, 1.82) is 0 Å². The van der Waals surface area contributed by atoms with Gasteiger partial charge in [-0.2, -0.15) is 0 Å². The number of hydrogen-bond donors (Lipinski definition) is 0. The first-order valence-corrected chi connectivity index (χ1v) is 11.1. The Balaban J connectivity index is 1.56. The zero-order valence-corrected chi connectivity index (χ0v) is 18.5. The number of rotatable bonds is 6. The maximum Gasteiger partial charge on any atom is 0.245 e. The number of hydrogen-bond acceptors (Lipinski definition) is 3. The van der Waals surface area contributed by atoms with Gasteiger partial charge in [0.2, 0.25) is 17.7 Å². The highest BCUT2D eigenvalue weighted by Gasteiger charge is 2.51. The van der Waals surface area contributed by atoms with Gasteiger partial charge in [0.1, 0.15) is 6.04 Å². The van der Waals surface area contributed by atoms with Crippen molar-refractivity contribution < 1.29 is 14.4 Å². The molecule has 5 nitrogen and oxygen atoms in total. The van der Waals surface area contributed by atoms with Gasteiger partial charge in [0, 0.05) is 13.6 Å². The van der Waals surface area contributed by atoms with Crippen LogP contribution in [0.1, 0.15) is 38.7 Å². The summed E-state index contributed by atoms with van der Waals surface area (Å²) in [5.41, 5.74) is 1.02. The number of fused-ring (bicyclic) bond motifs is 2. The molecular formula is C26H30N2O3. The van der Waals surface area contributed by atoms with Gasteiger partial charge < -0.3 is 4.90 Å². The second-order valence-corrected chi connectivity index (χ2v) is 9.22. The summed E-state index contributed by atoms with van der Waals surface area (Å²) in [5.74, 6) is -0.981. The van der Waals surface area contributed by atoms with Crippen LogP contribution in [-0.4, -0.2) is 40.6 Å². The maximum atomic E-state index is 13.5. The molecule has 2 aliphatic rings. The van der Waals surface area contributed by atoms with Crippen molar-refractivity contribution >= 4 is 28.5 Å². The zero-order chi connectivity index (χ0) is 22.1. The topological polar surface area (TPSA) is 57.7 Å². The van der Waals surface area contributed by atoms with E-state index in [4.69, 9.17) is 0 Å². The van der Waals surface area contributed by atoms with Gasteiger partial charge in [-0.05, 0) is 47.6 Å². The Hall–Kier alpha value is -2.95. The third-order valence-electron chi connectivity index (χ3n) is 6.44. The lowest BCUT2D eigenvalue weighted by atomic mass is 9.85. The number of allylic oxidation sites excluding steroid dienone is 2. The van der Waals surface area contributed by atoms with Gasteiger partial charge in [0.25, 0.3) is 0 Å². The van der Waals surface area contributed by atoms with Crippen LogP contribution in [0.15, 0.2) is 54.6 Å². The predicted molar refractivity (Wildman–Crippen MR) is 121 cm³/mol. The lowest BCUT2D eigenvalue weighted by molar-refractivity contribution is -0.152. The van der Waals surface area contributed by atoms with Crippen LogP contribution in [0, 0.1) is 17.8 Å². The number of carbonyl (C=O) groups is 3. The van der Waals surface area contributed by atoms with E-state index >= 15 is 0 Å². The van der Waals surface area contributed by atoms with Gasteiger partial charge in [-0.3, -0.25) is 19.3 Å². The Morgan fingerprint density at radius 2 is 1.61 bits per heavy atom. The van der Waals surface area contributed by atoms with Crippen molar-refractivity contribution in [2.24, 2.45) is 17.8 Å². The van der Waals surface area contributed by atoms with Gasteiger partial charge in [-0.15, -0.1) is 0 Å². The van der Waals surface area contributed by atoms with Crippen LogP contribution in [0.2, 0.25) is 0 Å². The summed E-state index contributed by atoms with van der Waals surface area (Å²) in [7, 11) is 1.75. The van der Waals surface area contributed by atoms with Crippen molar-refractivity contribution in [1.82, 2.24) is 9.80 Å². The molecule has 1 fully saturated rings. The molecule has 1 aliphatic carbocycles. The average Bonchev–Trinajstić information content (AvgIpc) is 3.02. The summed E-state index contributed by atoms with van der Waals surface area (Å²) in [6, 6.07) is 13.5. The van der Waals surface area contributed by atoms with Crippen molar-refractivity contribution in [3.63, 3.8) is 0 Å². The Bertz CT molecular complexity index is 1020. The maximum absolute atomic E-state index is 13.5. The first-order chi connectivity index (χ1) is 14.9. The van der Waals surface area contributed by atoms with Crippen molar-refractivity contribution in [3.8, 4) is 0 Å². The minimum atomic E-state index is -0.740. The number of benzene rings is 2. The van der Waals surface area contributed by atoms with E-state index in [0.29, 0.717) is 25.8 Å². The molecule has 0 spiro atoms. The molecule has 5 heteroatoms. The summed E-state index contributed by atoms with van der Waals surface area (Å²) in [5, 5.41) is 2.28. The normalized spacial score (nSPS) is 21.6. The largest absolute Gasteiger partial charge is 0.340 e. The molecule has 2 aromatic carbocycles. The summed E-state index contributed by atoms with van der Waals surface area (Å²) in [6.45, 7) is 4.47. The minimum Gasteiger partial charge on any atom is -0.340 e. The first kappa shape index (κ1) is 21.3. The molecule has 1 saturated heterocycles. The number of imide groups is 1. The van der Waals surface area contributed by atoms with Crippen LogP contribution in [0.25, 0.3) is 10.8 Å². The Kier molecular flexibility index (Phi) is 5.94. The smallest absolute Gasteiger partial charge is 0.245 e. The van der Waals surface area contributed by atoms with E-state index in [1.807, 2.05) is 44.2 Å². The number of carbonyl (C=O) groups excluding carboxylic acids is 3. The highest BCUT2D eigenvalue weighted by Crippen LogP contribution is 2.37. The fraction of sp³-hybridized carbons (Fsp3) is 0.423. The molecule has 3 atom stereocenters. The SMILES string of the molecule is CC(C)CC(C(=O)N(C)Cc1ccc2ccccc2c1)N1C(=O)C2CC=CCC2C1=O. The van der Waals surface area contributed by atoms with Gasteiger partial charge in [0.15, 0.2) is 0 Å². The van der Waals surface area contributed by atoms with Crippen molar-refractivity contribution in [2.45, 2.75) is 45.7 Å². The van der Waals surface area contributed by atoms with Crippen LogP contribution < -0.4 is 0 Å². The highest BCUT2D eigenvalue weighted by atomic mass is 16.2. The van der Waals surface area contributed by atoms with E-state index < -0.39 is 6.04 Å². The number of amides is 3. The fourth-order valence-corrected chi connectivity index (χ4v) is 4.84. The molecule has 2 aromatic rings. The third-order valence-corrected chi connectivity index (χ3v) is 6.44. The molecule has 0 bridgehead atoms. The van der Waals surface area contributed by atoms with Crippen LogP contribution in [0.5, 0.6) is 0 Å². The zero-order valence-electron chi connectivity index (χ0n) is 18.5. The van der Waals surface area contributed by atoms with Gasteiger partial charge in [-0.1, -0.05) is 62.4 Å². The lowest BCUT2D eigenvalue weighted by Gasteiger charge is -2.31. The van der Waals surface area contributed by atoms with E-state index in [-0.39, 0.29) is 35.5 Å². The van der Waals surface area contributed by atoms with Crippen LogP contribution in [0.3, 0.4) is 0 Å². The number of likely N-dealkylation sites (tertiary alicyclic amines) is 1. The highest BCUT2D eigenvalue weighted by molar-refractivity contribution is 6.08. The predicted octanol–water partition coefficient (Wildman–Crippen LogP) is 4.16. The average molecular weight is 419 g/mol. The molecule has 4 rings (SSSR count). The van der Waals surface area contributed by atoms with Gasteiger partial charge >= 0.3 is 0 Å². The summed E-state index contributed by atoms with van der Waals surface area (Å²) in [4.78, 5) is 42.6.